The molecule has 1 fully saturated rings. The molecule has 1 saturated heterocycles. The van der Waals surface area contributed by atoms with Gasteiger partial charge in [-0.1, -0.05) is 41.4 Å². The predicted octanol–water partition coefficient (Wildman–Crippen LogP) is 3.88. The molecular weight excluding hydrogens is 388 g/mol. The minimum atomic E-state index is -0.311. The Morgan fingerprint density at radius 1 is 0.897 bits per heavy atom. The SMILES string of the molecule is Cc1ccc(C2=C(N3CCOCC3)C(=O)N(c3cc(Cl)ccc3C)C2=O)c(C)c1. The maximum absolute atomic E-state index is 13.6. The quantitative estimate of drug-likeness (QED) is 0.720. The Labute approximate surface area is 175 Å². The highest BCUT2D eigenvalue weighted by Gasteiger charge is 2.43. The van der Waals surface area contributed by atoms with E-state index in [9.17, 15) is 9.59 Å². The van der Waals surface area contributed by atoms with Gasteiger partial charge < -0.3 is 9.64 Å². The van der Waals surface area contributed by atoms with Gasteiger partial charge in [-0.3, -0.25) is 9.59 Å². The lowest BCUT2D eigenvalue weighted by atomic mass is 9.97. The molecule has 0 unspecified atom stereocenters. The van der Waals surface area contributed by atoms with E-state index in [2.05, 4.69) is 0 Å². The van der Waals surface area contributed by atoms with E-state index in [1.54, 1.807) is 12.1 Å². The van der Waals surface area contributed by atoms with E-state index in [0.29, 0.717) is 48.3 Å². The summed E-state index contributed by atoms with van der Waals surface area (Å²) in [6.07, 6.45) is 0. The maximum atomic E-state index is 13.6. The van der Waals surface area contributed by atoms with E-state index < -0.39 is 0 Å². The molecule has 0 bridgehead atoms. The standard InChI is InChI=1S/C23H23ClN2O3/c1-14-4-7-18(16(3)12-14)20-21(25-8-10-29-11-9-25)23(28)26(22(20)27)19-13-17(24)6-5-15(19)2/h4-7,12-13H,8-11H2,1-3H3. The average molecular weight is 411 g/mol. The van der Waals surface area contributed by atoms with Gasteiger partial charge in [-0.05, 0) is 49.6 Å². The van der Waals surface area contributed by atoms with Crippen molar-refractivity contribution in [1.29, 1.82) is 0 Å². The van der Waals surface area contributed by atoms with Crippen molar-refractivity contribution >= 4 is 34.7 Å². The number of carbonyl (C=O) groups excluding carboxylic acids is 2. The zero-order valence-electron chi connectivity index (χ0n) is 16.8. The zero-order chi connectivity index (χ0) is 20.7. The number of imide groups is 1. The van der Waals surface area contributed by atoms with Crippen LogP contribution in [0.25, 0.3) is 5.57 Å². The Morgan fingerprint density at radius 2 is 1.62 bits per heavy atom. The highest BCUT2D eigenvalue weighted by Crippen LogP contribution is 2.38. The summed E-state index contributed by atoms with van der Waals surface area (Å²) in [6, 6.07) is 11.2. The van der Waals surface area contributed by atoms with Crippen molar-refractivity contribution in [2.75, 3.05) is 31.2 Å². The molecule has 0 atom stereocenters. The number of aryl methyl sites for hydroxylation is 3. The summed E-state index contributed by atoms with van der Waals surface area (Å²) < 4.78 is 5.46. The van der Waals surface area contributed by atoms with Crippen molar-refractivity contribution in [3.63, 3.8) is 0 Å². The lowest BCUT2D eigenvalue weighted by molar-refractivity contribution is -0.121. The molecule has 5 nitrogen and oxygen atoms in total. The van der Waals surface area contributed by atoms with Crippen LogP contribution in [0.15, 0.2) is 42.1 Å². The number of nitrogens with zero attached hydrogens (tertiary/aromatic N) is 2. The summed E-state index contributed by atoms with van der Waals surface area (Å²) in [4.78, 5) is 30.4. The number of ether oxygens (including phenoxy) is 1. The third-order valence-corrected chi connectivity index (χ3v) is 5.69. The smallest absolute Gasteiger partial charge is 0.282 e. The first kappa shape index (κ1) is 19.7. The second-order valence-corrected chi connectivity index (χ2v) is 7.95. The molecule has 150 valence electrons. The van der Waals surface area contributed by atoms with Crippen LogP contribution in [0, 0.1) is 20.8 Å². The summed E-state index contributed by atoms with van der Waals surface area (Å²) in [6.45, 7) is 8.06. The highest BCUT2D eigenvalue weighted by atomic mass is 35.5. The summed E-state index contributed by atoms with van der Waals surface area (Å²) in [5, 5.41) is 0.485. The molecule has 2 heterocycles. The van der Waals surface area contributed by atoms with Crippen LogP contribution < -0.4 is 4.90 Å². The molecule has 6 heteroatoms. The number of rotatable bonds is 3. The fourth-order valence-electron chi connectivity index (χ4n) is 3.98. The topological polar surface area (TPSA) is 49.9 Å². The number of hydrogen-bond donors (Lipinski definition) is 0. The summed E-state index contributed by atoms with van der Waals surface area (Å²) >= 11 is 6.18. The third-order valence-electron chi connectivity index (χ3n) is 5.45. The lowest BCUT2D eigenvalue weighted by Crippen LogP contribution is -2.40. The number of morpholine rings is 1. The normalized spacial score (nSPS) is 17.5. The second-order valence-electron chi connectivity index (χ2n) is 7.52. The van der Waals surface area contributed by atoms with Gasteiger partial charge >= 0.3 is 0 Å². The second kappa shape index (κ2) is 7.65. The summed E-state index contributed by atoms with van der Waals surface area (Å²) in [5.41, 5.74) is 5.11. The van der Waals surface area contributed by atoms with E-state index in [1.807, 2.05) is 49.9 Å². The monoisotopic (exact) mass is 410 g/mol. The fraction of sp³-hybridized carbons (Fsp3) is 0.304. The van der Waals surface area contributed by atoms with Crippen molar-refractivity contribution in [2.45, 2.75) is 20.8 Å². The van der Waals surface area contributed by atoms with Gasteiger partial charge in [0.05, 0.1) is 24.5 Å². The summed E-state index contributed by atoms with van der Waals surface area (Å²) in [7, 11) is 0. The van der Waals surface area contributed by atoms with E-state index >= 15 is 0 Å². The van der Waals surface area contributed by atoms with Gasteiger partial charge in [-0.25, -0.2) is 4.90 Å². The Balaban J connectivity index is 1.89. The molecule has 0 N–H and O–H groups in total. The van der Waals surface area contributed by atoms with Crippen LogP contribution in [-0.2, 0) is 14.3 Å². The first-order valence-corrected chi connectivity index (χ1v) is 10.1. The molecule has 4 rings (SSSR count). The minimum Gasteiger partial charge on any atom is -0.378 e. The van der Waals surface area contributed by atoms with E-state index in [1.165, 1.54) is 4.90 Å². The van der Waals surface area contributed by atoms with E-state index in [0.717, 1.165) is 22.3 Å². The van der Waals surface area contributed by atoms with Gasteiger partial charge in [0, 0.05) is 18.1 Å². The van der Waals surface area contributed by atoms with Crippen LogP contribution in [-0.4, -0.2) is 43.0 Å². The number of hydrogen-bond acceptors (Lipinski definition) is 4. The first-order chi connectivity index (χ1) is 13.9. The van der Waals surface area contributed by atoms with Gasteiger partial charge in [0.15, 0.2) is 0 Å². The van der Waals surface area contributed by atoms with Crippen LogP contribution in [0.4, 0.5) is 5.69 Å². The first-order valence-electron chi connectivity index (χ1n) is 9.68. The molecular formula is C23H23ClN2O3. The van der Waals surface area contributed by atoms with Crippen molar-refractivity contribution in [3.8, 4) is 0 Å². The minimum absolute atomic E-state index is 0.308. The number of anilines is 1. The van der Waals surface area contributed by atoms with Crippen molar-refractivity contribution in [3.05, 3.63) is 69.4 Å². The molecule has 29 heavy (non-hydrogen) atoms. The Morgan fingerprint density at radius 3 is 2.31 bits per heavy atom. The molecule has 0 aliphatic carbocycles. The lowest BCUT2D eigenvalue weighted by Gasteiger charge is -2.30. The molecule has 0 saturated carbocycles. The molecule has 2 aliphatic rings. The molecule has 2 aromatic rings. The number of benzene rings is 2. The molecule has 0 radical (unpaired) electrons. The van der Waals surface area contributed by atoms with Crippen molar-refractivity contribution < 1.29 is 14.3 Å². The van der Waals surface area contributed by atoms with Gasteiger partial charge in [0.1, 0.15) is 5.70 Å². The Kier molecular flexibility index (Phi) is 5.19. The molecule has 2 amide bonds. The van der Waals surface area contributed by atoms with Crippen molar-refractivity contribution in [2.24, 2.45) is 0 Å². The zero-order valence-corrected chi connectivity index (χ0v) is 17.5. The predicted molar refractivity (Wildman–Crippen MR) is 114 cm³/mol. The molecule has 2 aliphatic heterocycles. The number of halogens is 1. The van der Waals surface area contributed by atoms with Crippen LogP contribution in [0.3, 0.4) is 0 Å². The van der Waals surface area contributed by atoms with Gasteiger partial charge in [-0.15, -0.1) is 0 Å². The molecule has 0 spiro atoms. The maximum Gasteiger partial charge on any atom is 0.282 e. The average Bonchev–Trinajstić information content (AvgIpc) is 2.95. The van der Waals surface area contributed by atoms with Gasteiger partial charge in [0.2, 0.25) is 0 Å². The van der Waals surface area contributed by atoms with Crippen molar-refractivity contribution in [1.82, 2.24) is 4.90 Å². The largest absolute Gasteiger partial charge is 0.378 e. The Hall–Kier alpha value is -2.63. The van der Waals surface area contributed by atoms with Crippen LogP contribution in [0.1, 0.15) is 22.3 Å². The van der Waals surface area contributed by atoms with Crippen LogP contribution in [0.2, 0.25) is 5.02 Å². The number of carbonyl (C=O) groups is 2. The summed E-state index contributed by atoms with van der Waals surface area (Å²) in [5.74, 6) is -0.619. The Bertz CT molecular complexity index is 1040. The molecule has 2 aromatic carbocycles. The van der Waals surface area contributed by atoms with Gasteiger partial charge in [-0.2, -0.15) is 0 Å². The fourth-order valence-corrected chi connectivity index (χ4v) is 4.14. The highest BCUT2D eigenvalue weighted by molar-refractivity contribution is 6.46. The van der Waals surface area contributed by atoms with Gasteiger partial charge in [0.25, 0.3) is 11.8 Å². The number of amides is 2. The van der Waals surface area contributed by atoms with Crippen LogP contribution >= 0.6 is 11.6 Å². The third kappa shape index (κ3) is 3.45. The van der Waals surface area contributed by atoms with E-state index in [-0.39, 0.29) is 11.8 Å². The molecule has 0 aromatic heterocycles. The van der Waals surface area contributed by atoms with E-state index in [4.69, 9.17) is 16.3 Å². The van der Waals surface area contributed by atoms with Crippen LogP contribution in [0.5, 0.6) is 0 Å².